The molecule has 4 rings (SSSR count). The lowest BCUT2D eigenvalue weighted by Crippen LogP contribution is -2.40. The smallest absolute Gasteiger partial charge is 0.324 e. The highest BCUT2D eigenvalue weighted by Crippen LogP contribution is 2.20. The van der Waals surface area contributed by atoms with Gasteiger partial charge in [-0.15, -0.1) is 23.1 Å². The average molecular weight is 452 g/mol. The average Bonchev–Trinajstić information content (AvgIpc) is 3.24. The van der Waals surface area contributed by atoms with Gasteiger partial charge in [0.25, 0.3) is 5.56 Å². The molecule has 0 radical (unpaired) electrons. The van der Waals surface area contributed by atoms with Gasteiger partial charge in [0.2, 0.25) is 5.91 Å². The van der Waals surface area contributed by atoms with E-state index in [-0.39, 0.29) is 18.0 Å². The number of carbonyl (C=O) groups is 1. The number of amides is 1. The van der Waals surface area contributed by atoms with E-state index in [1.54, 1.807) is 29.3 Å². The van der Waals surface area contributed by atoms with Crippen LogP contribution in [-0.2, 0) is 11.3 Å². The van der Waals surface area contributed by atoms with E-state index in [0.717, 1.165) is 16.0 Å². The summed E-state index contributed by atoms with van der Waals surface area (Å²) < 4.78 is 2.98. The van der Waals surface area contributed by atoms with Crippen molar-refractivity contribution >= 4 is 44.9 Å². The molecule has 31 heavy (non-hydrogen) atoms. The van der Waals surface area contributed by atoms with Gasteiger partial charge in [0.05, 0.1) is 11.2 Å². The minimum absolute atomic E-state index is 0.194. The number of nitrogens with one attached hydrogen (secondary N) is 1. The van der Waals surface area contributed by atoms with Gasteiger partial charge in [-0.3, -0.25) is 14.2 Å². The molecule has 1 N–H and O–H groups in total. The predicted octanol–water partition coefficient (Wildman–Crippen LogP) is 4.19. The molecule has 2 heterocycles. The van der Waals surface area contributed by atoms with Crippen LogP contribution < -0.4 is 16.6 Å². The minimum Gasteiger partial charge on any atom is -0.324 e. The van der Waals surface area contributed by atoms with E-state index in [2.05, 4.69) is 5.32 Å². The SMILES string of the molecule is CSc1cccc(NC(=O)Cn2c(=O)n(-c3cc(C)ccc3C)c(=O)c3sccc32)c1. The molecular weight excluding hydrogens is 430 g/mol. The fourth-order valence-electron chi connectivity index (χ4n) is 3.46. The van der Waals surface area contributed by atoms with Crippen molar-refractivity contribution in [3.8, 4) is 5.69 Å². The molecule has 2 aromatic carbocycles. The summed E-state index contributed by atoms with van der Waals surface area (Å²) in [6.45, 7) is 3.57. The van der Waals surface area contributed by atoms with Gasteiger partial charge in [0, 0.05) is 10.6 Å². The van der Waals surface area contributed by atoms with Crippen molar-refractivity contribution in [2.24, 2.45) is 0 Å². The predicted molar refractivity (Wildman–Crippen MR) is 128 cm³/mol. The lowest BCUT2D eigenvalue weighted by atomic mass is 10.1. The molecule has 0 aliphatic heterocycles. The third-order valence-electron chi connectivity index (χ3n) is 5.02. The lowest BCUT2D eigenvalue weighted by Gasteiger charge is -2.14. The molecule has 0 saturated carbocycles. The second-order valence-electron chi connectivity index (χ2n) is 7.21. The first-order valence-electron chi connectivity index (χ1n) is 9.63. The van der Waals surface area contributed by atoms with Crippen molar-refractivity contribution in [1.82, 2.24) is 9.13 Å². The molecule has 0 atom stereocenters. The molecule has 6 nitrogen and oxygen atoms in total. The number of fused-ring (bicyclic) bond motifs is 1. The Kier molecular flexibility index (Phi) is 5.84. The minimum atomic E-state index is -0.530. The number of carbonyl (C=O) groups excluding carboxylic acids is 1. The third kappa shape index (κ3) is 4.08. The zero-order chi connectivity index (χ0) is 22.1. The largest absolute Gasteiger partial charge is 0.336 e. The van der Waals surface area contributed by atoms with Crippen LogP contribution in [0.5, 0.6) is 0 Å². The van der Waals surface area contributed by atoms with Crippen molar-refractivity contribution < 1.29 is 4.79 Å². The Balaban J connectivity index is 1.80. The van der Waals surface area contributed by atoms with Crippen LogP contribution in [0.2, 0.25) is 0 Å². The van der Waals surface area contributed by atoms with Gasteiger partial charge in [-0.1, -0.05) is 18.2 Å². The Morgan fingerprint density at radius 1 is 1.10 bits per heavy atom. The van der Waals surface area contributed by atoms with E-state index in [0.29, 0.717) is 21.6 Å². The second-order valence-corrected chi connectivity index (χ2v) is 9.01. The number of anilines is 1. The summed E-state index contributed by atoms with van der Waals surface area (Å²) in [5.41, 5.74) is 2.52. The summed E-state index contributed by atoms with van der Waals surface area (Å²) in [4.78, 5) is 40.4. The van der Waals surface area contributed by atoms with Crippen LogP contribution in [0.25, 0.3) is 15.9 Å². The van der Waals surface area contributed by atoms with Crippen molar-refractivity contribution in [3.63, 3.8) is 0 Å². The standard InChI is InChI=1S/C23H21N3O3S2/c1-14-7-8-15(2)19(11-14)26-22(28)21-18(9-10-31-21)25(23(26)29)13-20(27)24-16-5-4-6-17(12-16)30-3/h4-12H,13H2,1-3H3,(H,24,27). The molecule has 8 heteroatoms. The quantitative estimate of drug-likeness (QED) is 0.462. The van der Waals surface area contributed by atoms with E-state index >= 15 is 0 Å². The molecule has 0 fully saturated rings. The van der Waals surface area contributed by atoms with Gasteiger partial charge in [-0.25, -0.2) is 9.36 Å². The Bertz CT molecular complexity index is 1420. The summed E-state index contributed by atoms with van der Waals surface area (Å²) in [5.74, 6) is -0.334. The normalized spacial score (nSPS) is 11.1. The van der Waals surface area contributed by atoms with E-state index < -0.39 is 5.69 Å². The van der Waals surface area contributed by atoms with Crippen LogP contribution in [-0.4, -0.2) is 21.3 Å². The van der Waals surface area contributed by atoms with Crippen molar-refractivity contribution in [3.05, 3.63) is 85.9 Å². The van der Waals surface area contributed by atoms with E-state index in [1.165, 1.54) is 20.5 Å². The highest BCUT2D eigenvalue weighted by molar-refractivity contribution is 7.98. The first-order valence-corrected chi connectivity index (χ1v) is 11.7. The molecule has 0 saturated heterocycles. The van der Waals surface area contributed by atoms with Crippen LogP contribution in [0, 0.1) is 13.8 Å². The van der Waals surface area contributed by atoms with Crippen LogP contribution in [0.3, 0.4) is 0 Å². The van der Waals surface area contributed by atoms with E-state index in [1.807, 2.05) is 56.5 Å². The molecule has 158 valence electrons. The maximum atomic E-state index is 13.4. The Morgan fingerprint density at radius 3 is 2.68 bits per heavy atom. The molecule has 0 unspecified atom stereocenters. The molecule has 0 bridgehead atoms. The summed E-state index contributed by atoms with van der Waals surface area (Å²) in [5, 5.41) is 4.61. The van der Waals surface area contributed by atoms with Crippen molar-refractivity contribution in [2.75, 3.05) is 11.6 Å². The van der Waals surface area contributed by atoms with Crippen molar-refractivity contribution in [2.45, 2.75) is 25.3 Å². The number of rotatable bonds is 5. The maximum absolute atomic E-state index is 13.4. The zero-order valence-electron chi connectivity index (χ0n) is 17.3. The lowest BCUT2D eigenvalue weighted by molar-refractivity contribution is -0.116. The summed E-state index contributed by atoms with van der Waals surface area (Å²) >= 11 is 2.84. The molecule has 4 aromatic rings. The molecule has 1 amide bonds. The molecule has 0 aliphatic rings. The first kappa shape index (κ1) is 21.1. The zero-order valence-corrected chi connectivity index (χ0v) is 19.0. The van der Waals surface area contributed by atoms with Gasteiger partial charge in [0.15, 0.2) is 0 Å². The summed E-state index contributed by atoms with van der Waals surface area (Å²) in [6.07, 6.45) is 1.96. The fraction of sp³-hybridized carbons (Fsp3) is 0.174. The maximum Gasteiger partial charge on any atom is 0.336 e. The van der Waals surface area contributed by atoms with Crippen molar-refractivity contribution in [1.29, 1.82) is 0 Å². The fourth-order valence-corrected chi connectivity index (χ4v) is 4.74. The monoisotopic (exact) mass is 451 g/mol. The van der Waals surface area contributed by atoms with Gasteiger partial charge >= 0.3 is 5.69 Å². The molecule has 0 aliphatic carbocycles. The molecule has 0 spiro atoms. The first-order chi connectivity index (χ1) is 14.9. The number of hydrogen-bond donors (Lipinski definition) is 1. The summed E-state index contributed by atoms with van der Waals surface area (Å²) in [7, 11) is 0. The second kappa shape index (κ2) is 8.56. The van der Waals surface area contributed by atoms with E-state index in [9.17, 15) is 14.4 Å². The number of thioether (sulfide) groups is 1. The Morgan fingerprint density at radius 2 is 1.90 bits per heavy atom. The van der Waals surface area contributed by atoms with E-state index in [4.69, 9.17) is 0 Å². The number of benzene rings is 2. The van der Waals surface area contributed by atoms with Gasteiger partial charge in [-0.05, 0) is 66.9 Å². The Labute approximate surface area is 187 Å². The topological polar surface area (TPSA) is 73.1 Å². The van der Waals surface area contributed by atoms with Gasteiger partial charge < -0.3 is 5.32 Å². The van der Waals surface area contributed by atoms with Crippen LogP contribution in [0.4, 0.5) is 5.69 Å². The van der Waals surface area contributed by atoms with Gasteiger partial charge in [-0.2, -0.15) is 0 Å². The molecule has 2 aromatic heterocycles. The molecular formula is C23H21N3O3S2. The van der Waals surface area contributed by atoms with Crippen LogP contribution in [0.1, 0.15) is 11.1 Å². The van der Waals surface area contributed by atoms with Crippen LogP contribution in [0.15, 0.2) is 68.4 Å². The summed E-state index contributed by atoms with van der Waals surface area (Å²) in [6, 6.07) is 14.8. The number of aryl methyl sites for hydroxylation is 2. The number of nitrogens with zero attached hydrogens (tertiary/aromatic N) is 2. The third-order valence-corrected chi connectivity index (χ3v) is 6.63. The number of thiophene rings is 1. The highest BCUT2D eigenvalue weighted by atomic mass is 32.2. The number of aromatic nitrogens is 2. The van der Waals surface area contributed by atoms with Crippen LogP contribution >= 0.6 is 23.1 Å². The number of hydrogen-bond acceptors (Lipinski definition) is 5. The Hall–Kier alpha value is -3.10. The van der Waals surface area contributed by atoms with Gasteiger partial charge in [0.1, 0.15) is 11.2 Å². The highest BCUT2D eigenvalue weighted by Gasteiger charge is 2.18.